The Bertz CT molecular complexity index is 229. The molecule has 0 rings (SSSR count). The zero-order valence-corrected chi connectivity index (χ0v) is 11.1. The summed E-state index contributed by atoms with van der Waals surface area (Å²) in [5.41, 5.74) is -0.361. The number of Topliss-reactive ketones (excluding diaryl/α,β-unsaturated/α-hetero) is 1. The smallest absolute Gasteiger partial charge is 0.323 e. The van der Waals surface area contributed by atoms with E-state index in [1.165, 1.54) is 0 Å². The van der Waals surface area contributed by atoms with Gasteiger partial charge in [-0.2, -0.15) is 0 Å². The highest BCUT2D eigenvalue weighted by molar-refractivity contribution is 14.1. The van der Waals surface area contributed by atoms with Crippen LogP contribution < -0.4 is 8.85 Å². The van der Waals surface area contributed by atoms with Crippen LogP contribution in [0.5, 0.6) is 0 Å². The van der Waals surface area contributed by atoms with E-state index in [0.29, 0.717) is 6.42 Å². The molecular weight excluding hydrogens is 295 g/mol. The average Bonchev–Trinajstić information content (AvgIpc) is 2.02. The quantitative estimate of drug-likeness (QED) is 0.616. The molecule has 0 aromatic heterocycles. The van der Waals surface area contributed by atoms with Gasteiger partial charge in [-0.25, -0.2) is 4.79 Å². The van der Waals surface area contributed by atoms with Crippen molar-refractivity contribution in [3.05, 3.63) is 0 Å². The summed E-state index contributed by atoms with van der Waals surface area (Å²) in [4.78, 5) is 22.1. The minimum absolute atomic E-state index is 0.0282. The first kappa shape index (κ1) is 13.7. The lowest BCUT2D eigenvalue weighted by Crippen LogP contribution is -2.47. The van der Waals surface area contributed by atoms with Crippen molar-refractivity contribution in [1.29, 1.82) is 0 Å². The van der Waals surface area contributed by atoms with Gasteiger partial charge in [-0.3, -0.25) is 8.32 Å². The summed E-state index contributed by atoms with van der Waals surface area (Å²) in [6.07, 6.45) is 0.645. The zero-order valence-electron chi connectivity index (χ0n) is 8.98. The van der Waals surface area contributed by atoms with E-state index in [-0.39, 0.29) is 23.3 Å². The fourth-order valence-corrected chi connectivity index (χ4v) is 1.43. The second-order valence-corrected chi connectivity index (χ2v) is 4.69. The topological polar surface area (TPSA) is 58.2 Å². The first-order valence-electron chi connectivity index (χ1n) is 4.48. The molecule has 1 atom stereocenters. The van der Waals surface area contributed by atoms with Crippen LogP contribution in [0.1, 0.15) is 34.1 Å². The van der Waals surface area contributed by atoms with Gasteiger partial charge in [0.1, 0.15) is 5.78 Å². The third-order valence-electron chi connectivity index (χ3n) is 2.05. The summed E-state index contributed by atoms with van der Waals surface area (Å²) < 4.78 is 2.46. The van der Waals surface area contributed by atoms with Crippen LogP contribution in [0.4, 0.5) is 4.79 Å². The van der Waals surface area contributed by atoms with Crippen molar-refractivity contribution in [3.63, 3.8) is 0 Å². The summed E-state index contributed by atoms with van der Waals surface area (Å²) in [5.74, 6) is 0.120. The molecule has 0 saturated carbocycles. The average molecular weight is 312 g/mol. The SMILES string of the molecule is CC(=O)C(C)CC(C)(C)NC(=O)NI. The van der Waals surface area contributed by atoms with Gasteiger partial charge in [0, 0.05) is 11.5 Å². The zero-order chi connectivity index (χ0) is 11.4. The van der Waals surface area contributed by atoms with E-state index in [1.54, 1.807) is 29.8 Å². The maximum absolute atomic E-state index is 11.1. The third-order valence-corrected chi connectivity index (χ3v) is 2.54. The molecule has 4 nitrogen and oxygen atoms in total. The molecule has 2 amide bonds. The number of nitrogens with one attached hydrogen (secondary N) is 2. The van der Waals surface area contributed by atoms with Gasteiger partial charge in [-0.05, 0) is 27.2 Å². The van der Waals surface area contributed by atoms with Crippen LogP contribution >= 0.6 is 22.9 Å². The van der Waals surface area contributed by atoms with Crippen molar-refractivity contribution >= 4 is 34.7 Å². The highest BCUT2D eigenvalue weighted by atomic mass is 127. The van der Waals surface area contributed by atoms with Gasteiger partial charge >= 0.3 is 6.03 Å². The van der Waals surface area contributed by atoms with E-state index in [9.17, 15) is 9.59 Å². The molecule has 0 aliphatic rings. The predicted octanol–water partition coefficient (Wildman–Crippen LogP) is 2.03. The van der Waals surface area contributed by atoms with Gasteiger partial charge in [0.05, 0.1) is 22.9 Å². The predicted molar refractivity (Wildman–Crippen MR) is 64.2 cm³/mol. The van der Waals surface area contributed by atoms with Gasteiger partial charge in [0.2, 0.25) is 0 Å². The van der Waals surface area contributed by atoms with Gasteiger partial charge in [0.15, 0.2) is 0 Å². The number of hydrogen-bond donors (Lipinski definition) is 2. The van der Waals surface area contributed by atoms with Crippen LogP contribution in [0.2, 0.25) is 0 Å². The fraction of sp³-hybridized carbons (Fsp3) is 0.778. The maximum Gasteiger partial charge on any atom is 0.323 e. The highest BCUT2D eigenvalue weighted by Crippen LogP contribution is 2.16. The Balaban J connectivity index is 4.19. The summed E-state index contributed by atoms with van der Waals surface area (Å²) in [6, 6.07) is -0.230. The number of halogens is 1. The molecule has 14 heavy (non-hydrogen) atoms. The standard InChI is InChI=1S/C9H17IN2O2/c1-6(7(2)13)5-9(3,4)11-8(14)12-10/h6H,5H2,1-4H3,(H2,11,12,14). The van der Waals surface area contributed by atoms with Crippen molar-refractivity contribution in [3.8, 4) is 0 Å². The molecule has 0 aliphatic heterocycles. The molecule has 0 radical (unpaired) electrons. The van der Waals surface area contributed by atoms with Gasteiger partial charge in [-0.1, -0.05) is 6.92 Å². The summed E-state index contributed by atoms with van der Waals surface area (Å²) in [5, 5.41) is 2.78. The van der Waals surface area contributed by atoms with Crippen LogP contribution in [-0.4, -0.2) is 17.4 Å². The summed E-state index contributed by atoms with van der Waals surface area (Å²) in [6.45, 7) is 7.24. The molecule has 2 N–H and O–H groups in total. The van der Waals surface area contributed by atoms with Crippen LogP contribution in [-0.2, 0) is 4.79 Å². The number of rotatable bonds is 4. The first-order valence-corrected chi connectivity index (χ1v) is 5.55. The molecule has 0 aromatic carbocycles. The molecule has 5 heteroatoms. The Morgan fingerprint density at radius 1 is 1.43 bits per heavy atom. The normalized spacial score (nSPS) is 13.2. The summed E-state index contributed by atoms with van der Waals surface area (Å²) in [7, 11) is 0. The van der Waals surface area contributed by atoms with Crippen LogP contribution in [0.3, 0.4) is 0 Å². The Morgan fingerprint density at radius 2 is 1.93 bits per heavy atom. The largest absolute Gasteiger partial charge is 0.333 e. The molecule has 1 unspecified atom stereocenters. The molecule has 0 fully saturated rings. The van der Waals surface area contributed by atoms with Crippen LogP contribution in [0, 0.1) is 5.92 Å². The van der Waals surface area contributed by atoms with Crippen molar-refractivity contribution in [2.75, 3.05) is 0 Å². The Labute approximate surface area is 98.7 Å². The molecule has 0 aliphatic carbocycles. The molecule has 0 heterocycles. The molecule has 0 bridgehead atoms. The molecule has 82 valence electrons. The second-order valence-electron chi connectivity index (χ2n) is 4.15. The van der Waals surface area contributed by atoms with Gasteiger partial charge in [0.25, 0.3) is 0 Å². The lowest BCUT2D eigenvalue weighted by Gasteiger charge is -2.28. The molecule has 0 aromatic rings. The molecule has 0 saturated heterocycles. The monoisotopic (exact) mass is 312 g/mol. The Kier molecular flexibility index (Phi) is 5.40. The van der Waals surface area contributed by atoms with E-state index in [4.69, 9.17) is 0 Å². The number of carbonyl (C=O) groups is 2. The number of ketones is 1. The second kappa shape index (κ2) is 5.53. The van der Waals surface area contributed by atoms with Gasteiger partial charge < -0.3 is 5.32 Å². The number of urea groups is 1. The van der Waals surface area contributed by atoms with Crippen LogP contribution in [0.25, 0.3) is 0 Å². The Morgan fingerprint density at radius 3 is 2.29 bits per heavy atom. The van der Waals surface area contributed by atoms with Gasteiger partial charge in [-0.15, -0.1) is 0 Å². The first-order chi connectivity index (χ1) is 6.28. The fourth-order valence-electron chi connectivity index (χ4n) is 1.29. The van der Waals surface area contributed by atoms with Crippen LogP contribution in [0.15, 0.2) is 0 Å². The lowest BCUT2D eigenvalue weighted by molar-refractivity contribution is -0.120. The highest BCUT2D eigenvalue weighted by Gasteiger charge is 2.24. The number of amides is 2. The lowest BCUT2D eigenvalue weighted by atomic mass is 9.90. The van der Waals surface area contributed by atoms with E-state index < -0.39 is 0 Å². The third kappa shape index (κ3) is 5.41. The maximum atomic E-state index is 11.1. The molecular formula is C9H17IN2O2. The summed E-state index contributed by atoms with van der Waals surface area (Å²) >= 11 is 1.77. The van der Waals surface area contributed by atoms with E-state index >= 15 is 0 Å². The minimum atomic E-state index is -0.361. The van der Waals surface area contributed by atoms with E-state index in [1.807, 2.05) is 20.8 Å². The van der Waals surface area contributed by atoms with Crippen molar-refractivity contribution in [2.45, 2.75) is 39.7 Å². The molecule has 0 spiro atoms. The van der Waals surface area contributed by atoms with E-state index in [2.05, 4.69) is 8.85 Å². The van der Waals surface area contributed by atoms with Crippen molar-refractivity contribution in [2.24, 2.45) is 5.92 Å². The number of hydrogen-bond acceptors (Lipinski definition) is 2. The van der Waals surface area contributed by atoms with Crippen molar-refractivity contribution in [1.82, 2.24) is 8.85 Å². The van der Waals surface area contributed by atoms with E-state index in [0.717, 1.165) is 0 Å². The van der Waals surface area contributed by atoms with Crippen molar-refractivity contribution < 1.29 is 9.59 Å². The number of carbonyl (C=O) groups excluding carboxylic acids is 2. The Hall–Kier alpha value is -0.330. The minimum Gasteiger partial charge on any atom is -0.333 e.